The normalized spacial score (nSPS) is 14.3. The van der Waals surface area contributed by atoms with Crippen LogP contribution in [0, 0.1) is 0 Å². The molecule has 0 aliphatic rings. The fraction of sp³-hybridized carbons (Fsp3) is 1.00. The largest absolute Gasteiger partial charge is 0.393 e. The Morgan fingerprint density at radius 2 is 0.964 bits per heavy atom. The second-order valence-electron chi connectivity index (χ2n) is 8.54. The SMILES string of the molecule is CCCCCCCCCCCCCCC(CCC(O)CCCCC)S(=O)(=O)O. The molecule has 0 aliphatic heterocycles. The Bertz CT molecular complexity index is 422. The van der Waals surface area contributed by atoms with Crippen LogP contribution >= 0.6 is 0 Å². The molecule has 4 nitrogen and oxygen atoms in total. The van der Waals surface area contributed by atoms with E-state index in [2.05, 4.69) is 13.8 Å². The minimum atomic E-state index is -4.01. The first kappa shape index (κ1) is 27.9. The molecule has 2 N–H and O–H groups in total. The monoisotopic (exact) mass is 420 g/mol. The van der Waals surface area contributed by atoms with E-state index in [1.54, 1.807) is 0 Å². The van der Waals surface area contributed by atoms with Gasteiger partial charge in [-0.3, -0.25) is 4.55 Å². The Kier molecular flexibility index (Phi) is 18.8. The van der Waals surface area contributed by atoms with Gasteiger partial charge in [0.2, 0.25) is 0 Å². The van der Waals surface area contributed by atoms with E-state index in [0.717, 1.165) is 44.9 Å². The second-order valence-corrected chi connectivity index (χ2v) is 10.2. The van der Waals surface area contributed by atoms with E-state index in [1.165, 1.54) is 57.8 Å². The molecular formula is C23H48O4S. The third-order valence-corrected chi connectivity index (χ3v) is 7.08. The lowest BCUT2D eigenvalue weighted by molar-refractivity contribution is 0.147. The van der Waals surface area contributed by atoms with Gasteiger partial charge in [-0.05, 0) is 25.7 Å². The average Bonchev–Trinajstić information content (AvgIpc) is 2.64. The molecule has 0 aromatic rings. The summed E-state index contributed by atoms with van der Waals surface area (Å²) in [4.78, 5) is 0. The van der Waals surface area contributed by atoms with Crippen LogP contribution in [0.2, 0.25) is 0 Å². The van der Waals surface area contributed by atoms with E-state index in [9.17, 15) is 18.1 Å². The van der Waals surface area contributed by atoms with Gasteiger partial charge in [0.05, 0.1) is 11.4 Å². The van der Waals surface area contributed by atoms with Gasteiger partial charge in [0.25, 0.3) is 10.1 Å². The van der Waals surface area contributed by atoms with Crippen LogP contribution in [0.3, 0.4) is 0 Å². The van der Waals surface area contributed by atoms with Gasteiger partial charge in [0.1, 0.15) is 0 Å². The third kappa shape index (κ3) is 17.9. The van der Waals surface area contributed by atoms with Crippen molar-refractivity contribution in [1.29, 1.82) is 0 Å². The first-order valence-corrected chi connectivity index (χ1v) is 13.6. The molecule has 0 aliphatic carbocycles. The van der Waals surface area contributed by atoms with Crippen molar-refractivity contribution < 1.29 is 18.1 Å². The highest BCUT2D eigenvalue weighted by molar-refractivity contribution is 7.86. The third-order valence-electron chi connectivity index (χ3n) is 5.76. The molecule has 0 fully saturated rings. The van der Waals surface area contributed by atoms with Gasteiger partial charge < -0.3 is 5.11 Å². The first-order chi connectivity index (χ1) is 13.4. The van der Waals surface area contributed by atoms with Gasteiger partial charge in [0.15, 0.2) is 0 Å². The van der Waals surface area contributed by atoms with Crippen molar-refractivity contribution in [3.05, 3.63) is 0 Å². The minimum absolute atomic E-state index is 0.365. The minimum Gasteiger partial charge on any atom is -0.393 e. The van der Waals surface area contributed by atoms with E-state index in [0.29, 0.717) is 19.3 Å². The van der Waals surface area contributed by atoms with E-state index < -0.39 is 21.5 Å². The lowest BCUT2D eigenvalue weighted by Crippen LogP contribution is -2.22. The van der Waals surface area contributed by atoms with Crippen LogP contribution in [-0.2, 0) is 10.1 Å². The zero-order valence-electron chi connectivity index (χ0n) is 18.7. The Morgan fingerprint density at radius 1 is 0.571 bits per heavy atom. The molecular weight excluding hydrogens is 372 g/mol. The molecule has 0 spiro atoms. The standard InChI is InChI=1S/C23H48O4S/c1-3-5-7-8-9-10-11-12-13-14-15-17-19-23(28(25,26)27)21-20-22(24)18-16-6-4-2/h22-24H,3-21H2,1-2H3,(H,25,26,27). The van der Waals surface area contributed by atoms with Crippen molar-refractivity contribution in [2.24, 2.45) is 0 Å². The number of hydrogen-bond acceptors (Lipinski definition) is 3. The predicted molar refractivity (Wildman–Crippen MR) is 120 cm³/mol. The molecule has 2 atom stereocenters. The number of aliphatic hydroxyl groups excluding tert-OH is 1. The van der Waals surface area contributed by atoms with Crippen LogP contribution in [0.15, 0.2) is 0 Å². The van der Waals surface area contributed by atoms with Crippen molar-refractivity contribution in [3.63, 3.8) is 0 Å². The fourth-order valence-electron chi connectivity index (χ4n) is 3.81. The zero-order valence-corrected chi connectivity index (χ0v) is 19.5. The lowest BCUT2D eigenvalue weighted by atomic mass is 10.0. The van der Waals surface area contributed by atoms with Crippen molar-refractivity contribution in [1.82, 2.24) is 0 Å². The smallest absolute Gasteiger partial charge is 0.267 e. The Hall–Kier alpha value is -0.130. The van der Waals surface area contributed by atoms with Crippen molar-refractivity contribution >= 4 is 10.1 Å². The zero-order chi connectivity index (χ0) is 21.1. The molecule has 0 saturated carbocycles. The Morgan fingerprint density at radius 3 is 1.43 bits per heavy atom. The molecule has 0 amide bonds. The van der Waals surface area contributed by atoms with Gasteiger partial charge in [-0.25, -0.2) is 0 Å². The summed E-state index contributed by atoms with van der Waals surface area (Å²) in [6, 6.07) is 0. The van der Waals surface area contributed by atoms with E-state index >= 15 is 0 Å². The van der Waals surface area contributed by atoms with Gasteiger partial charge in [-0.15, -0.1) is 0 Å². The molecule has 0 aromatic heterocycles. The summed E-state index contributed by atoms with van der Waals surface area (Å²) in [6.45, 7) is 4.37. The number of unbranched alkanes of at least 4 members (excludes halogenated alkanes) is 13. The maximum atomic E-state index is 11.6. The maximum Gasteiger partial charge on any atom is 0.267 e. The summed E-state index contributed by atoms with van der Waals surface area (Å²) >= 11 is 0. The molecule has 0 bridgehead atoms. The summed E-state index contributed by atoms with van der Waals surface area (Å²) < 4.78 is 32.7. The summed E-state index contributed by atoms with van der Waals surface area (Å²) in [5.41, 5.74) is 0. The summed E-state index contributed by atoms with van der Waals surface area (Å²) in [5.74, 6) is 0. The van der Waals surface area contributed by atoms with Crippen LogP contribution in [0.5, 0.6) is 0 Å². The Balaban J connectivity index is 3.74. The topological polar surface area (TPSA) is 74.6 Å². The molecule has 2 unspecified atom stereocenters. The molecule has 0 heterocycles. The van der Waals surface area contributed by atoms with Gasteiger partial charge in [0, 0.05) is 0 Å². The highest BCUT2D eigenvalue weighted by Gasteiger charge is 2.23. The van der Waals surface area contributed by atoms with Crippen molar-refractivity contribution in [3.8, 4) is 0 Å². The van der Waals surface area contributed by atoms with Gasteiger partial charge >= 0.3 is 0 Å². The van der Waals surface area contributed by atoms with E-state index in [4.69, 9.17) is 0 Å². The Labute approximate surface area is 175 Å². The first-order valence-electron chi connectivity index (χ1n) is 12.1. The number of aliphatic hydroxyl groups is 1. The van der Waals surface area contributed by atoms with Gasteiger partial charge in [-0.2, -0.15) is 8.42 Å². The predicted octanol–water partition coefficient (Wildman–Crippen LogP) is 7.06. The van der Waals surface area contributed by atoms with Crippen LogP contribution < -0.4 is 0 Å². The maximum absolute atomic E-state index is 11.6. The van der Waals surface area contributed by atoms with Gasteiger partial charge in [-0.1, -0.05) is 110 Å². The molecule has 0 radical (unpaired) electrons. The van der Waals surface area contributed by atoms with Crippen LogP contribution in [-0.4, -0.2) is 29.4 Å². The highest BCUT2D eigenvalue weighted by atomic mass is 32.2. The number of rotatable bonds is 21. The van der Waals surface area contributed by atoms with E-state index in [-0.39, 0.29) is 0 Å². The molecule has 28 heavy (non-hydrogen) atoms. The summed E-state index contributed by atoms with van der Waals surface area (Å²) in [6.07, 6.45) is 19.8. The summed E-state index contributed by atoms with van der Waals surface area (Å²) in [7, 11) is -4.01. The molecule has 0 saturated heterocycles. The summed E-state index contributed by atoms with van der Waals surface area (Å²) in [5, 5.41) is 9.28. The fourth-order valence-corrected chi connectivity index (χ4v) is 4.71. The van der Waals surface area contributed by atoms with Crippen LogP contribution in [0.1, 0.15) is 136 Å². The molecule has 0 aromatic carbocycles. The second kappa shape index (κ2) is 18.9. The van der Waals surface area contributed by atoms with Crippen molar-refractivity contribution in [2.45, 2.75) is 147 Å². The molecule has 0 rings (SSSR count). The molecule has 170 valence electrons. The quantitative estimate of drug-likeness (QED) is 0.154. The van der Waals surface area contributed by atoms with Crippen LogP contribution in [0.4, 0.5) is 0 Å². The van der Waals surface area contributed by atoms with Crippen molar-refractivity contribution in [2.75, 3.05) is 0 Å². The highest BCUT2D eigenvalue weighted by Crippen LogP contribution is 2.20. The molecule has 5 heteroatoms. The van der Waals surface area contributed by atoms with E-state index in [1.807, 2.05) is 0 Å². The average molecular weight is 421 g/mol. The van der Waals surface area contributed by atoms with Crippen LogP contribution in [0.25, 0.3) is 0 Å². The number of hydrogen-bond donors (Lipinski definition) is 2. The lowest BCUT2D eigenvalue weighted by Gasteiger charge is -2.16.